The summed E-state index contributed by atoms with van der Waals surface area (Å²) in [7, 11) is 0. The van der Waals surface area contributed by atoms with E-state index in [2.05, 4.69) is 5.32 Å². The van der Waals surface area contributed by atoms with Crippen molar-refractivity contribution in [2.45, 2.75) is 11.4 Å². The Labute approximate surface area is 119 Å². The molecule has 0 bridgehead atoms. The van der Waals surface area contributed by atoms with Crippen molar-refractivity contribution in [1.29, 1.82) is 0 Å². The lowest BCUT2D eigenvalue weighted by Gasteiger charge is -2.06. The number of amides is 1. The second kappa shape index (κ2) is 6.25. The lowest BCUT2D eigenvalue weighted by molar-refractivity contribution is -0.385. The van der Waals surface area contributed by atoms with Gasteiger partial charge >= 0.3 is 0 Å². The summed E-state index contributed by atoms with van der Waals surface area (Å²) in [5, 5.41) is 13.6. The molecule has 1 aromatic carbocycles. The Morgan fingerprint density at radius 3 is 2.85 bits per heavy atom. The molecular formula is C13H12N2O4S. The Hall–Kier alpha value is -2.28. The molecule has 2 aromatic rings. The zero-order valence-electron chi connectivity index (χ0n) is 10.7. The molecule has 0 unspecified atom stereocenters. The molecule has 0 spiro atoms. The summed E-state index contributed by atoms with van der Waals surface area (Å²) in [5.74, 6) is 0.0889. The summed E-state index contributed by atoms with van der Waals surface area (Å²) in [4.78, 5) is 23.3. The van der Waals surface area contributed by atoms with Gasteiger partial charge in [0, 0.05) is 11.0 Å². The second-order valence-corrected chi connectivity index (χ2v) is 4.78. The number of thioether (sulfide) groups is 1. The number of nitro groups is 1. The van der Waals surface area contributed by atoms with Gasteiger partial charge < -0.3 is 9.73 Å². The van der Waals surface area contributed by atoms with Crippen LogP contribution in [0.15, 0.2) is 45.9 Å². The average molecular weight is 292 g/mol. The van der Waals surface area contributed by atoms with Gasteiger partial charge in [-0.25, -0.2) is 0 Å². The zero-order chi connectivity index (χ0) is 14.5. The van der Waals surface area contributed by atoms with Gasteiger partial charge in [0.25, 0.3) is 11.6 Å². The third kappa shape index (κ3) is 3.18. The van der Waals surface area contributed by atoms with Gasteiger partial charge in [-0.05, 0) is 30.5 Å². The molecule has 1 aromatic heterocycles. The van der Waals surface area contributed by atoms with Crippen LogP contribution in [0.1, 0.15) is 16.1 Å². The van der Waals surface area contributed by atoms with Gasteiger partial charge in [0.1, 0.15) is 11.3 Å². The lowest BCUT2D eigenvalue weighted by atomic mass is 10.1. The van der Waals surface area contributed by atoms with E-state index < -0.39 is 10.8 Å². The highest BCUT2D eigenvalue weighted by atomic mass is 32.2. The maximum absolute atomic E-state index is 12.1. The van der Waals surface area contributed by atoms with Crippen molar-refractivity contribution in [3.05, 3.63) is 58.0 Å². The molecule has 0 aliphatic rings. The van der Waals surface area contributed by atoms with Gasteiger partial charge in [0.15, 0.2) is 0 Å². The Kier molecular flexibility index (Phi) is 4.41. The van der Waals surface area contributed by atoms with Gasteiger partial charge in [-0.1, -0.05) is 0 Å². The molecule has 2 rings (SSSR count). The Bertz CT molecular complexity index is 625. The molecule has 0 radical (unpaired) electrons. The van der Waals surface area contributed by atoms with Crippen molar-refractivity contribution in [3.63, 3.8) is 0 Å². The minimum Gasteiger partial charge on any atom is -0.467 e. The van der Waals surface area contributed by atoms with Crippen molar-refractivity contribution in [1.82, 2.24) is 5.32 Å². The second-order valence-electron chi connectivity index (χ2n) is 3.90. The van der Waals surface area contributed by atoms with E-state index in [1.165, 1.54) is 30.2 Å². The van der Waals surface area contributed by atoms with E-state index in [0.717, 1.165) is 4.90 Å². The number of benzene rings is 1. The lowest BCUT2D eigenvalue weighted by Crippen LogP contribution is -2.23. The summed E-state index contributed by atoms with van der Waals surface area (Å²) in [6.07, 6.45) is 3.34. The van der Waals surface area contributed by atoms with Crippen LogP contribution in [0.5, 0.6) is 0 Å². The fourth-order valence-corrected chi connectivity index (χ4v) is 2.10. The molecule has 1 N–H and O–H groups in total. The third-order valence-corrected chi connectivity index (χ3v) is 3.37. The molecule has 1 amide bonds. The van der Waals surface area contributed by atoms with Gasteiger partial charge in [-0.15, -0.1) is 11.8 Å². The van der Waals surface area contributed by atoms with Crippen LogP contribution in [0.25, 0.3) is 0 Å². The van der Waals surface area contributed by atoms with Crippen molar-refractivity contribution in [2.75, 3.05) is 6.26 Å². The number of nitro benzene ring substituents is 1. The van der Waals surface area contributed by atoms with Crippen LogP contribution in [0.4, 0.5) is 5.69 Å². The predicted octanol–water partition coefficient (Wildman–Crippen LogP) is 2.84. The molecule has 104 valence electrons. The first kappa shape index (κ1) is 14.1. The molecule has 0 fully saturated rings. The van der Waals surface area contributed by atoms with Crippen molar-refractivity contribution in [2.24, 2.45) is 0 Å². The summed E-state index contributed by atoms with van der Waals surface area (Å²) >= 11 is 1.42. The van der Waals surface area contributed by atoms with Crippen molar-refractivity contribution < 1.29 is 14.1 Å². The number of rotatable bonds is 5. The molecule has 6 nitrogen and oxygen atoms in total. The van der Waals surface area contributed by atoms with Gasteiger partial charge in [-0.2, -0.15) is 0 Å². The highest BCUT2D eigenvalue weighted by molar-refractivity contribution is 7.98. The number of furan rings is 1. The summed E-state index contributed by atoms with van der Waals surface area (Å²) < 4.78 is 5.09. The van der Waals surface area contributed by atoms with Crippen LogP contribution >= 0.6 is 11.8 Å². The molecule has 20 heavy (non-hydrogen) atoms. The fourth-order valence-electron chi connectivity index (χ4n) is 1.66. The summed E-state index contributed by atoms with van der Waals surface area (Å²) in [6.45, 7) is 0.187. The van der Waals surface area contributed by atoms with Crippen LogP contribution in [-0.2, 0) is 6.54 Å². The zero-order valence-corrected chi connectivity index (χ0v) is 11.5. The molecule has 7 heteroatoms. The standard InChI is InChI=1S/C13H12N2O4S/c1-20-10-4-5-12(15(17)18)11(7-10)13(16)14-8-9-3-2-6-19-9/h2-7H,8H2,1H3,(H,14,16). The van der Waals surface area contributed by atoms with Gasteiger partial charge in [-0.3, -0.25) is 14.9 Å². The van der Waals surface area contributed by atoms with Crippen molar-refractivity contribution >= 4 is 23.4 Å². The Morgan fingerprint density at radius 1 is 1.45 bits per heavy atom. The fraction of sp³-hybridized carbons (Fsp3) is 0.154. The normalized spacial score (nSPS) is 10.2. The minimum absolute atomic E-state index is 0.0495. The van der Waals surface area contributed by atoms with E-state index in [4.69, 9.17) is 4.42 Å². The van der Waals surface area contributed by atoms with Crippen LogP contribution in [0.3, 0.4) is 0 Å². The number of nitrogens with one attached hydrogen (secondary N) is 1. The summed E-state index contributed by atoms with van der Waals surface area (Å²) in [6, 6.07) is 7.89. The van der Waals surface area contributed by atoms with Crippen LogP contribution < -0.4 is 5.32 Å². The molecule has 0 aliphatic heterocycles. The van der Waals surface area contributed by atoms with Gasteiger partial charge in [0.05, 0.1) is 17.7 Å². The van der Waals surface area contributed by atoms with Gasteiger partial charge in [0.2, 0.25) is 0 Å². The predicted molar refractivity (Wildman–Crippen MR) is 74.8 cm³/mol. The Balaban J connectivity index is 2.20. The number of nitrogens with zero attached hydrogens (tertiary/aromatic N) is 1. The first-order valence-electron chi connectivity index (χ1n) is 5.75. The maximum Gasteiger partial charge on any atom is 0.282 e. The number of hydrogen-bond acceptors (Lipinski definition) is 5. The third-order valence-electron chi connectivity index (χ3n) is 2.65. The SMILES string of the molecule is CSc1ccc([N+](=O)[O-])c(C(=O)NCc2ccco2)c1. The first-order chi connectivity index (χ1) is 9.61. The van der Waals surface area contributed by atoms with E-state index >= 15 is 0 Å². The first-order valence-corrected chi connectivity index (χ1v) is 6.97. The molecular weight excluding hydrogens is 280 g/mol. The topological polar surface area (TPSA) is 85.4 Å². The number of carbonyl (C=O) groups is 1. The Morgan fingerprint density at radius 2 is 2.25 bits per heavy atom. The summed E-state index contributed by atoms with van der Waals surface area (Å²) in [5.41, 5.74) is -0.159. The number of carbonyl (C=O) groups excluding carboxylic acids is 1. The van der Waals surface area contributed by atoms with E-state index in [0.29, 0.717) is 5.76 Å². The van der Waals surface area contributed by atoms with Crippen LogP contribution in [-0.4, -0.2) is 17.1 Å². The van der Waals surface area contributed by atoms with Crippen molar-refractivity contribution in [3.8, 4) is 0 Å². The average Bonchev–Trinajstić information content (AvgIpc) is 2.97. The monoisotopic (exact) mass is 292 g/mol. The quantitative estimate of drug-likeness (QED) is 0.520. The molecule has 1 heterocycles. The molecule has 0 atom stereocenters. The number of hydrogen-bond donors (Lipinski definition) is 1. The minimum atomic E-state index is -0.564. The molecule has 0 saturated heterocycles. The molecule has 0 aliphatic carbocycles. The smallest absolute Gasteiger partial charge is 0.282 e. The van der Waals surface area contributed by atoms with Crippen LogP contribution in [0.2, 0.25) is 0 Å². The highest BCUT2D eigenvalue weighted by Crippen LogP contribution is 2.24. The van der Waals surface area contributed by atoms with E-state index in [1.54, 1.807) is 18.2 Å². The molecule has 0 saturated carbocycles. The van der Waals surface area contributed by atoms with E-state index in [1.807, 2.05) is 6.26 Å². The largest absolute Gasteiger partial charge is 0.467 e. The maximum atomic E-state index is 12.1. The van der Waals surface area contributed by atoms with Crippen LogP contribution in [0, 0.1) is 10.1 Å². The van der Waals surface area contributed by atoms with E-state index in [-0.39, 0.29) is 17.8 Å². The van der Waals surface area contributed by atoms with E-state index in [9.17, 15) is 14.9 Å². The highest BCUT2D eigenvalue weighted by Gasteiger charge is 2.20.